The highest BCUT2D eigenvalue weighted by atomic mass is 79.9. The van der Waals surface area contributed by atoms with Crippen LogP contribution in [0.25, 0.3) is 0 Å². The molecule has 2 amide bonds. The summed E-state index contributed by atoms with van der Waals surface area (Å²) in [6, 6.07) is 5.65. The number of ether oxygens (including phenoxy) is 1. The highest BCUT2D eigenvalue weighted by Gasteiger charge is 2.10. The van der Waals surface area contributed by atoms with Crippen molar-refractivity contribution in [3.63, 3.8) is 0 Å². The lowest BCUT2D eigenvalue weighted by Crippen LogP contribution is -2.42. The monoisotopic (exact) mass is 341 g/mol. The lowest BCUT2D eigenvalue weighted by molar-refractivity contribution is 0.0388. The van der Waals surface area contributed by atoms with Crippen molar-refractivity contribution >= 4 is 27.6 Å². The molecule has 0 saturated carbocycles. The fourth-order valence-electron chi connectivity index (χ4n) is 2.05. The molecule has 0 spiro atoms. The van der Waals surface area contributed by atoms with E-state index in [0.29, 0.717) is 6.54 Å². The highest BCUT2D eigenvalue weighted by molar-refractivity contribution is 9.10. The van der Waals surface area contributed by atoms with Gasteiger partial charge >= 0.3 is 6.03 Å². The minimum Gasteiger partial charge on any atom is -0.379 e. The summed E-state index contributed by atoms with van der Waals surface area (Å²) in [7, 11) is 0. The Kier molecular flexibility index (Phi) is 5.82. The Morgan fingerprint density at radius 3 is 2.90 bits per heavy atom. The van der Waals surface area contributed by atoms with E-state index < -0.39 is 0 Å². The molecule has 1 aromatic carbocycles. The Labute approximate surface area is 127 Å². The van der Waals surface area contributed by atoms with Crippen LogP contribution in [0.2, 0.25) is 0 Å². The molecule has 1 aromatic rings. The lowest BCUT2D eigenvalue weighted by atomic mass is 10.2. The van der Waals surface area contributed by atoms with Gasteiger partial charge in [-0.05, 0) is 24.6 Å². The van der Waals surface area contributed by atoms with E-state index in [2.05, 4.69) is 31.5 Å². The van der Waals surface area contributed by atoms with Crippen LogP contribution in [0.5, 0.6) is 0 Å². The minimum atomic E-state index is -0.167. The predicted octanol–water partition coefficient (Wildman–Crippen LogP) is 2.21. The predicted molar refractivity (Wildman–Crippen MR) is 83.2 cm³/mol. The molecule has 110 valence electrons. The third kappa shape index (κ3) is 4.77. The standard InChI is InChI=1S/C14H20BrN3O2/c1-11-2-3-12(15)10-13(11)17-14(19)16-4-5-18-6-8-20-9-7-18/h2-3,10H,4-9H2,1H3,(H2,16,17,19). The maximum absolute atomic E-state index is 11.8. The molecular formula is C14H20BrN3O2. The molecule has 0 aromatic heterocycles. The first kappa shape index (κ1) is 15.3. The number of aryl methyl sites for hydroxylation is 1. The summed E-state index contributed by atoms with van der Waals surface area (Å²) in [5.41, 5.74) is 1.86. The first-order chi connectivity index (χ1) is 9.65. The molecule has 2 N–H and O–H groups in total. The van der Waals surface area contributed by atoms with Gasteiger partial charge in [0.25, 0.3) is 0 Å². The van der Waals surface area contributed by atoms with E-state index in [1.54, 1.807) is 0 Å². The Bertz CT molecular complexity index is 462. The van der Waals surface area contributed by atoms with Gasteiger partial charge in [-0.1, -0.05) is 22.0 Å². The quantitative estimate of drug-likeness (QED) is 0.882. The molecular weight excluding hydrogens is 322 g/mol. The second-order valence-electron chi connectivity index (χ2n) is 4.79. The van der Waals surface area contributed by atoms with E-state index >= 15 is 0 Å². The van der Waals surface area contributed by atoms with Crippen LogP contribution in [-0.4, -0.2) is 50.3 Å². The number of hydrogen-bond acceptors (Lipinski definition) is 3. The summed E-state index contributed by atoms with van der Waals surface area (Å²) in [4.78, 5) is 14.1. The third-order valence-electron chi connectivity index (χ3n) is 3.27. The Morgan fingerprint density at radius 1 is 1.40 bits per heavy atom. The molecule has 2 rings (SSSR count). The minimum absolute atomic E-state index is 0.167. The van der Waals surface area contributed by atoms with Crippen molar-refractivity contribution in [2.45, 2.75) is 6.92 Å². The number of carbonyl (C=O) groups is 1. The zero-order valence-electron chi connectivity index (χ0n) is 11.6. The molecule has 0 unspecified atom stereocenters. The number of nitrogens with zero attached hydrogens (tertiary/aromatic N) is 1. The first-order valence-electron chi connectivity index (χ1n) is 6.76. The van der Waals surface area contributed by atoms with Crippen LogP contribution in [0.4, 0.5) is 10.5 Å². The smallest absolute Gasteiger partial charge is 0.319 e. The van der Waals surface area contributed by atoms with E-state index in [1.807, 2.05) is 25.1 Å². The normalized spacial score (nSPS) is 15.9. The van der Waals surface area contributed by atoms with Crippen molar-refractivity contribution in [1.82, 2.24) is 10.2 Å². The molecule has 1 aliphatic heterocycles. The molecule has 6 heteroatoms. The average molecular weight is 342 g/mol. The van der Waals surface area contributed by atoms with Crippen molar-refractivity contribution in [3.8, 4) is 0 Å². The first-order valence-corrected chi connectivity index (χ1v) is 7.55. The van der Waals surface area contributed by atoms with Crippen molar-refractivity contribution in [2.75, 3.05) is 44.7 Å². The number of amides is 2. The maximum atomic E-state index is 11.8. The number of urea groups is 1. The second kappa shape index (κ2) is 7.61. The molecule has 1 heterocycles. The topological polar surface area (TPSA) is 53.6 Å². The largest absolute Gasteiger partial charge is 0.379 e. The number of anilines is 1. The van der Waals surface area contributed by atoms with Crippen LogP contribution in [0.1, 0.15) is 5.56 Å². The summed E-state index contributed by atoms with van der Waals surface area (Å²) in [5.74, 6) is 0. The van der Waals surface area contributed by atoms with Crippen LogP contribution in [0.15, 0.2) is 22.7 Å². The summed E-state index contributed by atoms with van der Waals surface area (Å²) in [6.45, 7) is 6.90. The van der Waals surface area contributed by atoms with Crippen LogP contribution in [-0.2, 0) is 4.74 Å². The van der Waals surface area contributed by atoms with Gasteiger partial charge in [0, 0.05) is 36.3 Å². The Morgan fingerprint density at radius 2 is 2.15 bits per heavy atom. The summed E-state index contributed by atoms with van der Waals surface area (Å²) >= 11 is 3.40. The fourth-order valence-corrected chi connectivity index (χ4v) is 2.41. The maximum Gasteiger partial charge on any atom is 0.319 e. The molecule has 0 radical (unpaired) electrons. The molecule has 5 nitrogen and oxygen atoms in total. The van der Waals surface area contributed by atoms with Gasteiger partial charge in [-0.15, -0.1) is 0 Å². The summed E-state index contributed by atoms with van der Waals surface area (Å²) in [5, 5.41) is 5.74. The fraction of sp³-hybridized carbons (Fsp3) is 0.500. The van der Waals surface area contributed by atoms with E-state index in [9.17, 15) is 4.79 Å². The van der Waals surface area contributed by atoms with Crippen molar-refractivity contribution in [1.29, 1.82) is 0 Å². The Balaban J connectivity index is 1.73. The number of nitrogens with one attached hydrogen (secondary N) is 2. The van der Waals surface area contributed by atoms with Gasteiger partial charge in [0.1, 0.15) is 0 Å². The SMILES string of the molecule is Cc1ccc(Br)cc1NC(=O)NCCN1CCOCC1. The van der Waals surface area contributed by atoms with Gasteiger partial charge in [-0.2, -0.15) is 0 Å². The molecule has 0 aliphatic carbocycles. The van der Waals surface area contributed by atoms with Gasteiger partial charge in [-0.25, -0.2) is 4.79 Å². The molecule has 20 heavy (non-hydrogen) atoms. The molecule has 1 fully saturated rings. The van der Waals surface area contributed by atoms with E-state index in [0.717, 1.165) is 48.6 Å². The number of halogens is 1. The van der Waals surface area contributed by atoms with Crippen LogP contribution < -0.4 is 10.6 Å². The van der Waals surface area contributed by atoms with Gasteiger partial charge in [0.15, 0.2) is 0 Å². The Hall–Kier alpha value is -1.11. The molecule has 0 atom stereocenters. The summed E-state index contributed by atoms with van der Waals surface area (Å²) < 4.78 is 6.24. The van der Waals surface area contributed by atoms with Gasteiger partial charge in [0.05, 0.1) is 13.2 Å². The lowest BCUT2D eigenvalue weighted by Gasteiger charge is -2.26. The van der Waals surface area contributed by atoms with Crippen LogP contribution in [0.3, 0.4) is 0 Å². The summed E-state index contributed by atoms with van der Waals surface area (Å²) in [6.07, 6.45) is 0. The number of benzene rings is 1. The molecule has 1 aliphatic rings. The molecule has 0 bridgehead atoms. The van der Waals surface area contributed by atoms with Crippen LogP contribution in [0, 0.1) is 6.92 Å². The zero-order chi connectivity index (χ0) is 14.4. The zero-order valence-corrected chi connectivity index (χ0v) is 13.2. The van der Waals surface area contributed by atoms with Crippen molar-refractivity contribution in [3.05, 3.63) is 28.2 Å². The number of hydrogen-bond donors (Lipinski definition) is 2. The third-order valence-corrected chi connectivity index (χ3v) is 3.76. The number of rotatable bonds is 4. The van der Waals surface area contributed by atoms with E-state index in [-0.39, 0.29) is 6.03 Å². The average Bonchev–Trinajstić information content (AvgIpc) is 2.44. The number of morpholine rings is 1. The second-order valence-corrected chi connectivity index (χ2v) is 5.71. The van der Waals surface area contributed by atoms with Crippen LogP contribution >= 0.6 is 15.9 Å². The van der Waals surface area contributed by atoms with Gasteiger partial charge in [0.2, 0.25) is 0 Å². The van der Waals surface area contributed by atoms with E-state index in [1.165, 1.54) is 0 Å². The molecule has 1 saturated heterocycles. The van der Waals surface area contributed by atoms with E-state index in [4.69, 9.17) is 4.74 Å². The number of carbonyl (C=O) groups excluding carboxylic acids is 1. The highest BCUT2D eigenvalue weighted by Crippen LogP contribution is 2.20. The van der Waals surface area contributed by atoms with Crippen molar-refractivity contribution in [2.24, 2.45) is 0 Å². The van der Waals surface area contributed by atoms with Crippen molar-refractivity contribution < 1.29 is 9.53 Å². The van der Waals surface area contributed by atoms with Gasteiger partial charge in [-0.3, -0.25) is 4.90 Å². The van der Waals surface area contributed by atoms with Gasteiger partial charge < -0.3 is 15.4 Å².